The Bertz CT molecular complexity index is 380. The van der Waals surface area contributed by atoms with Crippen LogP contribution in [-0.2, 0) is 11.2 Å². The molecule has 0 radical (unpaired) electrons. The van der Waals surface area contributed by atoms with E-state index in [0.717, 1.165) is 19.5 Å². The number of benzene rings is 1. The molecule has 1 saturated heterocycles. The number of aryl methyl sites for hydroxylation is 1. The van der Waals surface area contributed by atoms with Gasteiger partial charge < -0.3 is 10.5 Å². The highest BCUT2D eigenvalue weighted by atomic mass is 16.5. The molecule has 0 amide bonds. The molecule has 0 saturated carbocycles. The van der Waals surface area contributed by atoms with Gasteiger partial charge in [0.2, 0.25) is 0 Å². The zero-order valence-corrected chi connectivity index (χ0v) is 12.3. The van der Waals surface area contributed by atoms with E-state index in [1.165, 1.54) is 11.1 Å². The quantitative estimate of drug-likeness (QED) is 0.905. The summed E-state index contributed by atoms with van der Waals surface area (Å²) in [5.74, 6) is 0. The third-order valence-corrected chi connectivity index (χ3v) is 3.88. The van der Waals surface area contributed by atoms with Crippen LogP contribution in [0.2, 0.25) is 0 Å². The number of nitrogens with zero attached hydrogens (tertiary/aromatic N) is 1. The first-order valence-corrected chi connectivity index (χ1v) is 7.32. The molecule has 0 aliphatic carbocycles. The molecular weight excluding hydrogens is 236 g/mol. The van der Waals surface area contributed by atoms with E-state index < -0.39 is 0 Å². The first-order valence-electron chi connectivity index (χ1n) is 7.32. The van der Waals surface area contributed by atoms with Gasteiger partial charge in [0.1, 0.15) is 0 Å². The lowest BCUT2D eigenvalue weighted by atomic mass is 10.0. The summed E-state index contributed by atoms with van der Waals surface area (Å²) in [5, 5.41) is 0. The minimum atomic E-state index is 0.285. The molecule has 3 atom stereocenters. The summed E-state index contributed by atoms with van der Waals surface area (Å²) in [7, 11) is 0. The van der Waals surface area contributed by atoms with Crippen LogP contribution >= 0.6 is 0 Å². The van der Waals surface area contributed by atoms with E-state index in [4.69, 9.17) is 10.5 Å². The van der Waals surface area contributed by atoms with Crippen LogP contribution < -0.4 is 5.73 Å². The molecule has 0 aromatic heterocycles. The molecule has 1 fully saturated rings. The summed E-state index contributed by atoms with van der Waals surface area (Å²) in [6.07, 6.45) is 1.65. The number of hydrogen-bond donors (Lipinski definition) is 1. The number of rotatable bonds is 4. The van der Waals surface area contributed by atoms with Crippen molar-refractivity contribution < 1.29 is 4.74 Å². The number of ether oxygens (including phenoxy) is 1. The molecular formula is C16H26N2O. The molecule has 3 nitrogen and oxygen atoms in total. The molecule has 0 spiro atoms. The summed E-state index contributed by atoms with van der Waals surface area (Å²) >= 11 is 0. The highest BCUT2D eigenvalue weighted by Gasteiger charge is 2.27. The zero-order valence-electron chi connectivity index (χ0n) is 12.3. The smallest absolute Gasteiger partial charge is 0.0678 e. The van der Waals surface area contributed by atoms with Crippen molar-refractivity contribution in [1.82, 2.24) is 4.90 Å². The van der Waals surface area contributed by atoms with Crippen LogP contribution in [0.25, 0.3) is 0 Å². The average molecular weight is 262 g/mol. The fraction of sp³-hybridized carbons (Fsp3) is 0.625. The van der Waals surface area contributed by atoms with E-state index in [0.29, 0.717) is 12.6 Å². The van der Waals surface area contributed by atoms with Gasteiger partial charge in [0, 0.05) is 25.7 Å². The van der Waals surface area contributed by atoms with Crippen LogP contribution in [0.1, 0.15) is 37.9 Å². The van der Waals surface area contributed by atoms with Crippen molar-refractivity contribution >= 4 is 0 Å². The van der Waals surface area contributed by atoms with Gasteiger partial charge in [-0.15, -0.1) is 0 Å². The summed E-state index contributed by atoms with van der Waals surface area (Å²) in [5.41, 5.74) is 8.71. The van der Waals surface area contributed by atoms with Crippen molar-refractivity contribution in [2.45, 2.75) is 45.4 Å². The van der Waals surface area contributed by atoms with E-state index in [1.54, 1.807) is 0 Å². The highest BCUT2D eigenvalue weighted by molar-refractivity contribution is 5.25. The molecule has 19 heavy (non-hydrogen) atoms. The Labute approximate surface area is 116 Å². The molecule has 3 heteroatoms. The average Bonchev–Trinajstić information content (AvgIpc) is 2.39. The zero-order chi connectivity index (χ0) is 13.8. The fourth-order valence-electron chi connectivity index (χ4n) is 2.94. The predicted molar refractivity (Wildman–Crippen MR) is 79.2 cm³/mol. The van der Waals surface area contributed by atoms with Gasteiger partial charge in [0.25, 0.3) is 0 Å². The van der Waals surface area contributed by atoms with Gasteiger partial charge in [-0.3, -0.25) is 4.90 Å². The van der Waals surface area contributed by atoms with Crippen molar-refractivity contribution in [2.24, 2.45) is 5.73 Å². The Kier molecular flexibility index (Phi) is 4.97. The van der Waals surface area contributed by atoms with Crippen molar-refractivity contribution in [2.75, 3.05) is 19.6 Å². The second-order valence-electron chi connectivity index (χ2n) is 5.56. The second-order valence-corrected chi connectivity index (χ2v) is 5.56. The molecule has 1 unspecified atom stereocenters. The lowest BCUT2D eigenvalue weighted by Gasteiger charge is -2.40. The summed E-state index contributed by atoms with van der Waals surface area (Å²) in [6, 6.07) is 9.18. The predicted octanol–water partition coefficient (Wildman–Crippen LogP) is 2.36. The van der Waals surface area contributed by atoms with Crippen LogP contribution in [0.15, 0.2) is 24.3 Å². The van der Waals surface area contributed by atoms with E-state index >= 15 is 0 Å². The topological polar surface area (TPSA) is 38.5 Å². The Hall–Kier alpha value is -0.900. The third kappa shape index (κ3) is 3.56. The van der Waals surface area contributed by atoms with Crippen molar-refractivity contribution in [3.8, 4) is 0 Å². The van der Waals surface area contributed by atoms with Gasteiger partial charge >= 0.3 is 0 Å². The summed E-state index contributed by atoms with van der Waals surface area (Å²) in [4.78, 5) is 2.46. The molecule has 106 valence electrons. The SMILES string of the molecule is CCc1ccc(C(CN)N2C[C@@H](C)O[C@@H](C)C2)cc1. The van der Waals surface area contributed by atoms with Gasteiger partial charge in [0.05, 0.1) is 12.2 Å². The first kappa shape index (κ1) is 14.5. The minimum absolute atomic E-state index is 0.285. The Morgan fingerprint density at radius 3 is 2.26 bits per heavy atom. The molecule has 1 heterocycles. The Balaban J connectivity index is 2.13. The number of hydrogen-bond acceptors (Lipinski definition) is 3. The lowest BCUT2D eigenvalue weighted by molar-refractivity contribution is -0.0799. The standard InChI is InChI=1S/C16H26N2O/c1-4-14-5-7-15(8-6-14)16(9-17)18-10-12(2)19-13(3)11-18/h5-8,12-13,16H,4,9-11,17H2,1-3H3/t12-,13+,16?. The fourth-order valence-corrected chi connectivity index (χ4v) is 2.94. The van der Waals surface area contributed by atoms with Gasteiger partial charge in [-0.2, -0.15) is 0 Å². The largest absolute Gasteiger partial charge is 0.373 e. The van der Waals surface area contributed by atoms with Crippen molar-refractivity contribution in [3.63, 3.8) is 0 Å². The molecule has 1 aliphatic heterocycles. The second kappa shape index (κ2) is 6.51. The summed E-state index contributed by atoms with van der Waals surface area (Å²) < 4.78 is 5.80. The van der Waals surface area contributed by atoms with Gasteiger partial charge in [0.15, 0.2) is 0 Å². The van der Waals surface area contributed by atoms with Gasteiger partial charge in [-0.05, 0) is 31.4 Å². The molecule has 1 aromatic carbocycles. The van der Waals surface area contributed by atoms with Crippen LogP contribution in [0.3, 0.4) is 0 Å². The maximum absolute atomic E-state index is 6.01. The normalized spacial score (nSPS) is 26.3. The van der Waals surface area contributed by atoms with E-state index in [1.807, 2.05) is 0 Å². The van der Waals surface area contributed by atoms with Crippen LogP contribution in [-0.4, -0.2) is 36.7 Å². The Morgan fingerprint density at radius 2 is 1.79 bits per heavy atom. The van der Waals surface area contributed by atoms with Crippen molar-refractivity contribution in [3.05, 3.63) is 35.4 Å². The molecule has 0 bridgehead atoms. The molecule has 2 N–H and O–H groups in total. The van der Waals surface area contributed by atoms with E-state index in [9.17, 15) is 0 Å². The lowest BCUT2D eigenvalue weighted by Crippen LogP contribution is -2.48. The third-order valence-electron chi connectivity index (χ3n) is 3.88. The maximum Gasteiger partial charge on any atom is 0.0678 e. The molecule has 2 rings (SSSR count). The highest BCUT2D eigenvalue weighted by Crippen LogP contribution is 2.24. The maximum atomic E-state index is 6.01. The Morgan fingerprint density at radius 1 is 1.21 bits per heavy atom. The van der Waals surface area contributed by atoms with Gasteiger partial charge in [-0.1, -0.05) is 31.2 Å². The van der Waals surface area contributed by atoms with Crippen LogP contribution in [0.5, 0.6) is 0 Å². The number of nitrogens with two attached hydrogens (primary N) is 1. The van der Waals surface area contributed by atoms with Crippen molar-refractivity contribution in [1.29, 1.82) is 0 Å². The van der Waals surface area contributed by atoms with Crippen LogP contribution in [0.4, 0.5) is 0 Å². The molecule has 1 aromatic rings. The summed E-state index contributed by atoms with van der Waals surface area (Å²) in [6.45, 7) is 9.03. The molecule has 1 aliphatic rings. The van der Waals surface area contributed by atoms with Gasteiger partial charge in [-0.25, -0.2) is 0 Å². The minimum Gasteiger partial charge on any atom is -0.373 e. The van der Waals surface area contributed by atoms with E-state index in [-0.39, 0.29) is 12.2 Å². The first-order chi connectivity index (χ1) is 9.13. The van der Waals surface area contributed by atoms with Crippen LogP contribution in [0, 0.1) is 0 Å². The van der Waals surface area contributed by atoms with E-state index in [2.05, 4.69) is 49.9 Å². The number of morpholine rings is 1. The monoisotopic (exact) mass is 262 g/mol.